The third-order valence-corrected chi connectivity index (χ3v) is 2.15. The summed E-state index contributed by atoms with van der Waals surface area (Å²) in [6, 6.07) is 0. The molecular formula is C8H8ClF5O3. The van der Waals surface area contributed by atoms with Gasteiger partial charge in [0.25, 0.3) is 0 Å². The molecule has 9 heteroatoms. The molecule has 0 aliphatic rings. The molecule has 0 fully saturated rings. The minimum Gasteiger partial charge on any atom is -0.375 e. The first-order chi connectivity index (χ1) is 7.31. The van der Waals surface area contributed by atoms with Crippen LogP contribution in [0.15, 0.2) is 0 Å². The average Bonchev–Trinajstić information content (AvgIpc) is 1.97. The van der Waals surface area contributed by atoms with Gasteiger partial charge in [0.05, 0.1) is 12.8 Å². The Morgan fingerprint density at radius 2 is 1.59 bits per heavy atom. The molecule has 0 heterocycles. The number of alkyl halides is 6. The van der Waals surface area contributed by atoms with Crippen molar-refractivity contribution in [1.82, 2.24) is 0 Å². The van der Waals surface area contributed by atoms with Crippen LogP contribution in [0.2, 0.25) is 0 Å². The first kappa shape index (κ1) is 16.2. The molecule has 100 valence electrons. The highest BCUT2D eigenvalue weighted by Crippen LogP contribution is 2.46. The monoisotopic (exact) mass is 282 g/mol. The number of Topliss-reactive ketones (excluding diaryl/α,β-unsaturated/α-hetero) is 2. The molecule has 0 bridgehead atoms. The van der Waals surface area contributed by atoms with Crippen molar-refractivity contribution in [3.8, 4) is 0 Å². The van der Waals surface area contributed by atoms with Crippen LogP contribution >= 0.6 is 11.6 Å². The van der Waals surface area contributed by atoms with Crippen molar-refractivity contribution in [3.63, 3.8) is 0 Å². The average molecular weight is 283 g/mol. The number of hydrogen-bond acceptors (Lipinski definition) is 3. The molecule has 0 spiro atoms. The van der Waals surface area contributed by atoms with Crippen LogP contribution in [0.25, 0.3) is 0 Å². The lowest BCUT2D eigenvalue weighted by molar-refractivity contribution is -0.309. The van der Waals surface area contributed by atoms with Crippen molar-refractivity contribution in [2.75, 3.05) is 0 Å². The molecule has 1 atom stereocenters. The predicted molar refractivity (Wildman–Crippen MR) is 46.7 cm³/mol. The number of aliphatic hydroxyl groups is 1. The van der Waals surface area contributed by atoms with E-state index in [1.165, 1.54) is 0 Å². The van der Waals surface area contributed by atoms with E-state index in [1.807, 2.05) is 0 Å². The van der Waals surface area contributed by atoms with Gasteiger partial charge in [-0.1, -0.05) is 0 Å². The summed E-state index contributed by atoms with van der Waals surface area (Å²) in [5.41, 5.74) is -4.69. The zero-order valence-electron chi connectivity index (χ0n) is 8.45. The highest BCUT2D eigenvalue weighted by atomic mass is 35.5. The Balaban J connectivity index is 5.12. The molecular weight excluding hydrogens is 275 g/mol. The zero-order chi connectivity index (χ0) is 14.1. The van der Waals surface area contributed by atoms with Gasteiger partial charge in [-0.3, -0.25) is 9.59 Å². The second kappa shape index (κ2) is 4.85. The Labute approximate surface area is 97.5 Å². The fourth-order valence-corrected chi connectivity index (χ4v) is 1.16. The van der Waals surface area contributed by atoms with Gasteiger partial charge in [0.2, 0.25) is 5.60 Å². The van der Waals surface area contributed by atoms with Gasteiger partial charge in [0.1, 0.15) is 11.6 Å². The van der Waals surface area contributed by atoms with Gasteiger partial charge in [-0.15, -0.1) is 0 Å². The van der Waals surface area contributed by atoms with E-state index in [1.54, 1.807) is 0 Å². The van der Waals surface area contributed by atoms with Crippen LogP contribution in [0, 0.1) is 0 Å². The molecule has 0 amide bonds. The lowest BCUT2D eigenvalue weighted by Crippen LogP contribution is -2.57. The number of carbonyl (C=O) groups is 2. The first-order valence-electron chi connectivity index (χ1n) is 4.18. The van der Waals surface area contributed by atoms with E-state index in [4.69, 9.17) is 5.11 Å². The maximum atomic E-state index is 12.5. The number of hydrogen-bond donors (Lipinski definition) is 1. The second-order valence-corrected chi connectivity index (χ2v) is 3.92. The summed E-state index contributed by atoms with van der Waals surface area (Å²) in [4.78, 5) is 21.3. The minimum atomic E-state index is -5.80. The summed E-state index contributed by atoms with van der Waals surface area (Å²) < 4.78 is 61.8. The molecule has 1 N–H and O–H groups in total. The van der Waals surface area contributed by atoms with Gasteiger partial charge in [0.15, 0.2) is 0 Å². The van der Waals surface area contributed by atoms with Gasteiger partial charge in [-0.25, -0.2) is 0 Å². The van der Waals surface area contributed by atoms with Crippen LogP contribution in [0.5, 0.6) is 0 Å². The number of ketones is 2. The highest BCUT2D eigenvalue weighted by Gasteiger charge is 2.69. The maximum Gasteiger partial charge on any atom is 0.425 e. The minimum absolute atomic E-state index is 0.808. The topological polar surface area (TPSA) is 54.4 Å². The summed E-state index contributed by atoms with van der Waals surface area (Å²) in [7, 11) is 0. The Hall–Kier alpha value is -0.760. The summed E-state index contributed by atoms with van der Waals surface area (Å²) in [6.45, 7) is 0.892. The van der Waals surface area contributed by atoms with Gasteiger partial charge in [-0.05, 0) is 18.5 Å². The first-order valence-corrected chi connectivity index (χ1v) is 4.56. The highest BCUT2D eigenvalue weighted by molar-refractivity contribution is 6.22. The molecule has 0 aliphatic heterocycles. The molecule has 0 aliphatic carbocycles. The van der Waals surface area contributed by atoms with E-state index in [0.717, 1.165) is 6.92 Å². The third kappa shape index (κ3) is 3.88. The van der Waals surface area contributed by atoms with Crippen molar-refractivity contribution in [2.24, 2.45) is 0 Å². The SMILES string of the molecule is CC(=O)CC(=O)CC(O)(C(F)(F)F)C(F)(F)Cl. The summed E-state index contributed by atoms with van der Waals surface area (Å²) >= 11 is 4.17. The third-order valence-electron chi connectivity index (χ3n) is 1.84. The van der Waals surface area contributed by atoms with Crippen molar-refractivity contribution in [2.45, 2.75) is 36.9 Å². The molecule has 0 aromatic carbocycles. The lowest BCUT2D eigenvalue weighted by Gasteiger charge is -2.32. The van der Waals surface area contributed by atoms with Crippen LogP contribution < -0.4 is 0 Å². The van der Waals surface area contributed by atoms with E-state index in [0.29, 0.717) is 0 Å². The van der Waals surface area contributed by atoms with Gasteiger partial charge in [-0.2, -0.15) is 22.0 Å². The smallest absolute Gasteiger partial charge is 0.375 e. The van der Waals surface area contributed by atoms with Gasteiger partial charge < -0.3 is 5.11 Å². The summed E-state index contributed by atoms with van der Waals surface area (Å²) in [6.07, 6.45) is -8.76. The second-order valence-electron chi connectivity index (χ2n) is 3.45. The van der Waals surface area contributed by atoms with E-state index >= 15 is 0 Å². The molecule has 0 aromatic rings. The van der Waals surface area contributed by atoms with Gasteiger partial charge in [0, 0.05) is 0 Å². The van der Waals surface area contributed by atoms with E-state index < -0.39 is 41.6 Å². The fourth-order valence-electron chi connectivity index (χ4n) is 0.987. The zero-order valence-corrected chi connectivity index (χ0v) is 9.20. The lowest BCUT2D eigenvalue weighted by atomic mass is 9.94. The van der Waals surface area contributed by atoms with E-state index in [-0.39, 0.29) is 0 Å². The Bertz CT molecular complexity index is 306. The van der Waals surface area contributed by atoms with Crippen molar-refractivity contribution < 1.29 is 36.6 Å². The number of halogens is 6. The maximum absolute atomic E-state index is 12.5. The van der Waals surface area contributed by atoms with Crippen LogP contribution in [0.3, 0.4) is 0 Å². The normalized spacial score (nSPS) is 16.5. The molecule has 0 radical (unpaired) electrons. The predicted octanol–water partition coefficient (Wildman–Crippen LogP) is 2.05. The Kier molecular flexibility index (Phi) is 4.63. The fraction of sp³-hybridized carbons (Fsp3) is 0.750. The Morgan fingerprint density at radius 3 is 1.82 bits per heavy atom. The number of carbonyl (C=O) groups excluding carboxylic acids is 2. The molecule has 1 unspecified atom stereocenters. The molecule has 17 heavy (non-hydrogen) atoms. The molecule has 0 rings (SSSR count). The standard InChI is InChI=1S/C8H8ClF5O3/c1-4(15)2-5(16)3-6(17,7(9,10)11)8(12,13)14/h17H,2-3H2,1H3. The Morgan fingerprint density at radius 1 is 1.18 bits per heavy atom. The molecule has 3 nitrogen and oxygen atoms in total. The van der Waals surface area contributed by atoms with Crippen LogP contribution in [0.4, 0.5) is 22.0 Å². The number of rotatable bonds is 5. The van der Waals surface area contributed by atoms with E-state index in [2.05, 4.69) is 11.6 Å². The van der Waals surface area contributed by atoms with Gasteiger partial charge >= 0.3 is 11.6 Å². The van der Waals surface area contributed by atoms with Crippen molar-refractivity contribution >= 4 is 23.2 Å². The molecule has 0 aromatic heterocycles. The van der Waals surface area contributed by atoms with E-state index in [9.17, 15) is 31.5 Å². The molecule has 0 saturated heterocycles. The van der Waals surface area contributed by atoms with Crippen LogP contribution in [-0.2, 0) is 9.59 Å². The van der Waals surface area contributed by atoms with Crippen LogP contribution in [0.1, 0.15) is 19.8 Å². The summed E-state index contributed by atoms with van der Waals surface area (Å²) in [5.74, 6) is -2.28. The summed E-state index contributed by atoms with van der Waals surface area (Å²) in [5, 5.41) is 3.76. The van der Waals surface area contributed by atoms with Crippen molar-refractivity contribution in [1.29, 1.82) is 0 Å². The molecule has 0 saturated carbocycles. The van der Waals surface area contributed by atoms with Crippen molar-refractivity contribution in [3.05, 3.63) is 0 Å². The largest absolute Gasteiger partial charge is 0.425 e. The quantitative estimate of drug-likeness (QED) is 0.477. The van der Waals surface area contributed by atoms with Crippen LogP contribution in [-0.4, -0.2) is 33.8 Å².